The molecule has 2 aromatic carbocycles. The summed E-state index contributed by atoms with van der Waals surface area (Å²) in [6.45, 7) is 9.90. The van der Waals surface area contributed by atoms with Crippen LogP contribution in [0.4, 0.5) is 15.8 Å². The number of H-pyrrole nitrogens is 1. The lowest BCUT2D eigenvalue weighted by atomic mass is 10.1. The first-order chi connectivity index (χ1) is 17.1. The van der Waals surface area contributed by atoms with Crippen LogP contribution in [-0.4, -0.2) is 37.2 Å². The summed E-state index contributed by atoms with van der Waals surface area (Å²) in [4.78, 5) is 25.8. The van der Waals surface area contributed by atoms with Crippen molar-refractivity contribution in [3.05, 3.63) is 52.6 Å². The first-order valence-corrected chi connectivity index (χ1v) is 15.8. The molecule has 36 heavy (non-hydrogen) atoms. The second-order valence-corrected chi connectivity index (χ2v) is 16.1. The minimum Gasteiger partial charge on any atom is -0.374 e. The van der Waals surface area contributed by atoms with E-state index in [-0.39, 0.29) is 23.4 Å². The van der Waals surface area contributed by atoms with Gasteiger partial charge in [-0.25, -0.2) is 14.9 Å². The standard InChI is InChI=1S/C26H32FN5O3Si/c1-16-11-18(13-28)7-8-20(16)30-24-19(26(33)32-35-14-17-5-6-17)12-21-25(23(24)27)31-22(29-21)15-34-9-10-36(2,3)4/h7-8,11-12,17,30H,5-6,9-10,14-15H2,1-4H3,(H,29,31)(H,32,33). The van der Waals surface area contributed by atoms with E-state index >= 15 is 4.39 Å². The average molecular weight is 510 g/mol. The Hall–Kier alpha value is -3.26. The molecule has 10 heteroatoms. The molecule has 1 aliphatic rings. The summed E-state index contributed by atoms with van der Waals surface area (Å²) in [5.41, 5.74) is 4.82. The number of aromatic amines is 1. The van der Waals surface area contributed by atoms with Crippen LogP contribution in [0.3, 0.4) is 0 Å². The summed E-state index contributed by atoms with van der Waals surface area (Å²) < 4.78 is 21.6. The number of hydrogen-bond donors (Lipinski definition) is 3. The number of aromatic nitrogens is 2. The zero-order valence-corrected chi connectivity index (χ0v) is 22.1. The van der Waals surface area contributed by atoms with Gasteiger partial charge in [0.15, 0.2) is 5.82 Å². The normalized spacial score (nSPS) is 13.6. The van der Waals surface area contributed by atoms with E-state index in [0.29, 0.717) is 41.7 Å². The lowest BCUT2D eigenvalue weighted by molar-refractivity contribution is 0.0271. The van der Waals surface area contributed by atoms with Gasteiger partial charge < -0.3 is 15.0 Å². The molecule has 8 nitrogen and oxygen atoms in total. The van der Waals surface area contributed by atoms with E-state index in [2.05, 4.69) is 46.5 Å². The molecule has 1 heterocycles. The maximum atomic E-state index is 15.8. The predicted octanol–water partition coefficient (Wildman–Crippen LogP) is 5.55. The predicted molar refractivity (Wildman–Crippen MR) is 139 cm³/mol. The van der Waals surface area contributed by atoms with Crippen LogP contribution >= 0.6 is 0 Å². The molecule has 0 spiro atoms. The van der Waals surface area contributed by atoms with Crippen LogP contribution in [0.5, 0.6) is 0 Å². The second kappa shape index (κ2) is 10.8. The zero-order valence-electron chi connectivity index (χ0n) is 21.1. The summed E-state index contributed by atoms with van der Waals surface area (Å²) in [6.07, 6.45) is 2.16. The Bertz CT molecular complexity index is 1310. The van der Waals surface area contributed by atoms with Gasteiger partial charge in [0, 0.05) is 20.4 Å². The monoisotopic (exact) mass is 509 g/mol. The van der Waals surface area contributed by atoms with Crippen LogP contribution in [0.25, 0.3) is 11.0 Å². The number of benzene rings is 2. The summed E-state index contributed by atoms with van der Waals surface area (Å²) in [5, 5.41) is 12.2. The van der Waals surface area contributed by atoms with Gasteiger partial charge in [-0.1, -0.05) is 19.6 Å². The molecule has 1 saturated carbocycles. The highest BCUT2D eigenvalue weighted by atomic mass is 28.3. The highest BCUT2D eigenvalue weighted by Gasteiger charge is 2.25. The molecule has 3 aromatic rings. The fourth-order valence-electron chi connectivity index (χ4n) is 3.65. The molecule has 1 aliphatic carbocycles. The van der Waals surface area contributed by atoms with Crippen LogP contribution in [0, 0.1) is 30.0 Å². The van der Waals surface area contributed by atoms with E-state index < -0.39 is 19.8 Å². The van der Waals surface area contributed by atoms with Gasteiger partial charge in [0.25, 0.3) is 5.91 Å². The van der Waals surface area contributed by atoms with Gasteiger partial charge in [-0.05, 0) is 61.6 Å². The number of rotatable bonds is 11. The molecular weight excluding hydrogens is 477 g/mol. The van der Waals surface area contributed by atoms with Crippen molar-refractivity contribution in [2.75, 3.05) is 18.5 Å². The van der Waals surface area contributed by atoms with Gasteiger partial charge in [0.05, 0.1) is 35.0 Å². The minimum absolute atomic E-state index is 0.0134. The van der Waals surface area contributed by atoms with E-state index in [1.54, 1.807) is 24.3 Å². The number of hydroxylamine groups is 1. The molecule has 4 rings (SSSR count). The zero-order chi connectivity index (χ0) is 25.9. The number of imidazole rings is 1. The van der Waals surface area contributed by atoms with Gasteiger partial charge >= 0.3 is 0 Å². The topological polar surface area (TPSA) is 112 Å². The number of halogens is 1. The molecule has 3 N–H and O–H groups in total. The van der Waals surface area contributed by atoms with Gasteiger partial charge in [-0.3, -0.25) is 9.63 Å². The van der Waals surface area contributed by atoms with E-state index in [0.717, 1.165) is 24.4 Å². The van der Waals surface area contributed by atoms with Gasteiger partial charge in [0.1, 0.15) is 17.9 Å². The molecule has 0 radical (unpaired) electrons. The number of carbonyl (C=O) groups is 1. The Morgan fingerprint density at radius 3 is 2.75 bits per heavy atom. The fourth-order valence-corrected chi connectivity index (χ4v) is 4.41. The minimum atomic E-state index is -1.22. The number of carbonyl (C=O) groups excluding carboxylic acids is 1. The number of nitriles is 1. The van der Waals surface area contributed by atoms with Crippen molar-refractivity contribution in [1.82, 2.24) is 15.4 Å². The van der Waals surface area contributed by atoms with Crippen molar-refractivity contribution in [2.45, 2.75) is 52.1 Å². The van der Waals surface area contributed by atoms with E-state index in [9.17, 15) is 4.79 Å². The third-order valence-electron chi connectivity index (χ3n) is 6.04. The Labute approximate surface area is 211 Å². The van der Waals surface area contributed by atoms with Crippen molar-refractivity contribution in [2.24, 2.45) is 5.92 Å². The van der Waals surface area contributed by atoms with Crippen LogP contribution in [-0.2, 0) is 16.2 Å². The molecular formula is C26H32FN5O3Si. The number of anilines is 2. The second-order valence-electron chi connectivity index (χ2n) is 10.5. The average Bonchev–Trinajstić information content (AvgIpc) is 3.55. The first-order valence-electron chi connectivity index (χ1n) is 12.1. The number of nitrogens with zero attached hydrogens (tertiary/aromatic N) is 2. The van der Waals surface area contributed by atoms with Crippen molar-refractivity contribution in [1.29, 1.82) is 5.26 Å². The van der Waals surface area contributed by atoms with Crippen LogP contribution in [0.2, 0.25) is 25.7 Å². The summed E-state index contributed by atoms with van der Waals surface area (Å²) in [5.74, 6) is -0.275. The van der Waals surface area contributed by atoms with Crippen molar-refractivity contribution in [3.8, 4) is 6.07 Å². The molecule has 0 saturated heterocycles. The number of aryl methyl sites for hydroxylation is 1. The molecule has 0 unspecified atom stereocenters. The Balaban J connectivity index is 1.63. The van der Waals surface area contributed by atoms with Crippen LogP contribution in [0.1, 0.15) is 40.2 Å². The van der Waals surface area contributed by atoms with Crippen molar-refractivity contribution in [3.63, 3.8) is 0 Å². The van der Waals surface area contributed by atoms with Gasteiger partial charge in [-0.15, -0.1) is 0 Å². The SMILES string of the molecule is Cc1cc(C#N)ccc1Nc1c(C(=O)NOCC2CC2)cc2[nH]c(COCC[Si](C)(C)C)nc2c1F. The molecule has 190 valence electrons. The summed E-state index contributed by atoms with van der Waals surface area (Å²) >= 11 is 0. The summed E-state index contributed by atoms with van der Waals surface area (Å²) in [7, 11) is -1.22. The quantitative estimate of drug-likeness (QED) is 0.177. The lowest BCUT2D eigenvalue weighted by Crippen LogP contribution is -2.26. The van der Waals surface area contributed by atoms with Gasteiger partial charge in [-0.2, -0.15) is 5.26 Å². The highest BCUT2D eigenvalue weighted by Crippen LogP contribution is 2.32. The molecule has 0 bridgehead atoms. The Morgan fingerprint density at radius 2 is 2.08 bits per heavy atom. The summed E-state index contributed by atoms with van der Waals surface area (Å²) in [6, 6.07) is 9.68. The molecule has 1 amide bonds. The number of amides is 1. The third-order valence-corrected chi connectivity index (χ3v) is 7.75. The lowest BCUT2D eigenvalue weighted by Gasteiger charge is -2.15. The van der Waals surface area contributed by atoms with Crippen LogP contribution in [0.15, 0.2) is 24.3 Å². The van der Waals surface area contributed by atoms with E-state index in [1.165, 1.54) is 0 Å². The van der Waals surface area contributed by atoms with Crippen molar-refractivity contribution < 1.29 is 18.8 Å². The largest absolute Gasteiger partial charge is 0.374 e. The molecule has 1 aromatic heterocycles. The van der Waals surface area contributed by atoms with Crippen LogP contribution < -0.4 is 10.8 Å². The number of ether oxygens (including phenoxy) is 1. The number of fused-ring (bicyclic) bond motifs is 1. The smallest absolute Gasteiger partial charge is 0.277 e. The maximum absolute atomic E-state index is 15.8. The Morgan fingerprint density at radius 1 is 1.31 bits per heavy atom. The van der Waals surface area contributed by atoms with Crippen molar-refractivity contribution >= 4 is 36.4 Å². The molecule has 0 aliphatic heterocycles. The number of hydrogen-bond acceptors (Lipinski definition) is 6. The van der Waals surface area contributed by atoms with E-state index in [4.69, 9.17) is 14.8 Å². The Kier molecular flexibility index (Phi) is 7.73. The fraction of sp³-hybridized carbons (Fsp3) is 0.423. The third kappa shape index (κ3) is 6.49. The van der Waals surface area contributed by atoms with E-state index in [1.807, 2.05) is 6.92 Å². The number of nitrogens with one attached hydrogen (secondary N) is 3. The highest BCUT2D eigenvalue weighted by molar-refractivity contribution is 6.76. The van der Waals surface area contributed by atoms with Gasteiger partial charge in [0.2, 0.25) is 0 Å². The first kappa shape index (κ1) is 25.8. The maximum Gasteiger partial charge on any atom is 0.277 e. The molecule has 0 atom stereocenters. The molecule has 1 fully saturated rings.